The van der Waals surface area contributed by atoms with E-state index in [1.165, 1.54) is 0 Å². The first-order valence-corrected chi connectivity index (χ1v) is 8.23. The van der Waals surface area contributed by atoms with Crippen molar-refractivity contribution in [1.82, 2.24) is 15.2 Å². The van der Waals surface area contributed by atoms with Crippen molar-refractivity contribution in [2.75, 3.05) is 19.1 Å². The van der Waals surface area contributed by atoms with E-state index in [1.807, 2.05) is 48.3 Å². The van der Waals surface area contributed by atoms with Gasteiger partial charge in [-0.2, -0.15) is 5.10 Å². The Kier molecular flexibility index (Phi) is 4.93. The van der Waals surface area contributed by atoms with Gasteiger partial charge in [0.1, 0.15) is 5.75 Å². The minimum absolute atomic E-state index is 0.0464. The number of nitrogens with zero attached hydrogens (tertiary/aromatic N) is 4. The molecule has 0 aliphatic carbocycles. The van der Waals surface area contributed by atoms with Gasteiger partial charge >= 0.3 is 0 Å². The first-order chi connectivity index (χ1) is 12.1. The van der Waals surface area contributed by atoms with Crippen LogP contribution in [0.5, 0.6) is 5.75 Å². The van der Waals surface area contributed by atoms with Crippen LogP contribution in [0.1, 0.15) is 24.1 Å². The highest BCUT2D eigenvalue weighted by Crippen LogP contribution is 2.30. The second kappa shape index (κ2) is 7.30. The summed E-state index contributed by atoms with van der Waals surface area (Å²) >= 11 is 0. The molecule has 3 aromatic rings. The summed E-state index contributed by atoms with van der Waals surface area (Å²) in [7, 11) is 3.65. The van der Waals surface area contributed by atoms with Crippen molar-refractivity contribution >= 4 is 5.95 Å². The van der Waals surface area contributed by atoms with Crippen molar-refractivity contribution in [1.29, 1.82) is 0 Å². The Morgan fingerprint density at radius 3 is 2.52 bits per heavy atom. The van der Waals surface area contributed by atoms with Crippen LogP contribution in [0, 0.1) is 6.92 Å². The van der Waals surface area contributed by atoms with Gasteiger partial charge in [0.25, 0.3) is 0 Å². The number of aromatic nitrogens is 3. The number of anilines is 1. The van der Waals surface area contributed by atoms with Crippen molar-refractivity contribution < 1.29 is 4.74 Å². The molecule has 5 heteroatoms. The quantitative estimate of drug-likeness (QED) is 0.704. The lowest BCUT2D eigenvalue weighted by Gasteiger charge is -2.26. The molecule has 0 aliphatic heterocycles. The second-order valence-corrected chi connectivity index (χ2v) is 5.99. The molecule has 0 aliphatic rings. The van der Waals surface area contributed by atoms with E-state index < -0.39 is 0 Å². The molecule has 128 valence electrons. The number of hydrogen-bond donors (Lipinski definition) is 0. The van der Waals surface area contributed by atoms with E-state index in [9.17, 15) is 0 Å². The summed E-state index contributed by atoms with van der Waals surface area (Å²) in [5.41, 5.74) is 4.13. The molecule has 1 aromatic heterocycles. The van der Waals surface area contributed by atoms with Crippen LogP contribution in [0.3, 0.4) is 0 Å². The summed E-state index contributed by atoms with van der Waals surface area (Å²) in [6.45, 7) is 4.17. The molecule has 3 rings (SSSR count). The standard InChI is InChI=1S/C20H22N4O/c1-14-9-5-6-10-16(14)18-13-21-23-20(22-18)24(3)15(2)17-11-7-8-12-19(17)25-4/h5-13,15H,1-4H3/t15-/m1/s1. The third kappa shape index (κ3) is 3.45. The lowest BCUT2D eigenvalue weighted by molar-refractivity contribution is 0.406. The van der Waals surface area contributed by atoms with Crippen LogP contribution in [0.4, 0.5) is 5.95 Å². The molecule has 0 unspecified atom stereocenters. The van der Waals surface area contributed by atoms with E-state index in [-0.39, 0.29) is 6.04 Å². The number of hydrogen-bond acceptors (Lipinski definition) is 5. The first kappa shape index (κ1) is 16.9. The lowest BCUT2D eigenvalue weighted by Crippen LogP contribution is -2.24. The number of methoxy groups -OCH3 is 1. The fourth-order valence-corrected chi connectivity index (χ4v) is 2.83. The van der Waals surface area contributed by atoms with Crippen molar-refractivity contribution in [3.8, 4) is 17.0 Å². The molecular weight excluding hydrogens is 312 g/mol. The Bertz CT molecular complexity index is 866. The van der Waals surface area contributed by atoms with Crippen LogP contribution < -0.4 is 9.64 Å². The molecule has 0 saturated heterocycles. The lowest BCUT2D eigenvalue weighted by atomic mass is 10.1. The van der Waals surface area contributed by atoms with E-state index in [0.717, 1.165) is 28.1 Å². The predicted molar refractivity (Wildman–Crippen MR) is 99.8 cm³/mol. The third-order valence-corrected chi connectivity index (χ3v) is 4.45. The zero-order valence-electron chi connectivity index (χ0n) is 15.0. The SMILES string of the molecule is COc1ccccc1[C@@H](C)N(C)c1nncc(-c2ccccc2C)n1. The van der Waals surface area contributed by atoms with Crippen LogP contribution in [-0.4, -0.2) is 29.3 Å². The molecule has 0 saturated carbocycles. The Hall–Kier alpha value is -2.95. The van der Waals surface area contributed by atoms with Gasteiger partial charge in [-0.1, -0.05) is 42.5 Å². The first-order valence-electron chi connectivity index (χ1n) is 8.23. The van der Waals surface area contributed by atoms with Crippen LogP contribution in [0.25, 0.3) is 11.3 Å². The monoisotopic (exact) mass is 334 g/mol. The molecule has 1 heterocycles. The van der Waals surface area contributed by atoms with Gasteiger partial charge in [-0.15, -0.1) is 5.10 Å². The molecule has 1 atom stereocenters. The number of rotatable bonds is 5. The molecule has 0 spiro atoms. The molecule has 2 aromatic carbocycles. The Morgan fingerprint density at radius 2 is 1.76 bits per heavy atom. The molecule has 0 fully saturated rings. The van der Waals surface area contributed by atoms with Gasteiger partial charge < -0.3 is 9.64 Å². The smallest absolute Gasteiger partial charge is 0.246 e. The molecular formula is C20H22N4O. The van der Waals surface area contributed by atoms with Crippen molar-refractivity contribution in [3.05, 3.63) is 65.9 Å². The van der Waals surface area contributed by atoms with Gasteiger partial charge in [0, 0.05) is 18.2 Å². The average Bonchev–Trinajstić information content (AvgIpc) is 2.67. The third-order valence-electron chi connectivity index (χ3n) is 4.45. The fraction of sp³-hybridized carbons (Fsp3) is 0.250. The largest absolute Gasteiger partial charge is 0.496 e. The minimum Gasteiger partial charge on any atom is -0.496 e. The Labute approximate surface area is 148 Å². The normalized spacial score (nSPS) is 11.8. The summed E-state index contributed by atoms with van der Waals surface area (Å²) in [6.07, 6.45) is 1.70. The van der Waals surface area contributed by atoms with E-state index >= 15 is 0 Å². The molecule has 5 nitrogen and oxygen atoms in total. The summed E-state index contributed by atoms with van der Waals surface area (Å²) in [5, 5.41) is 8.38. The fourth-order valence-electron chi connectivity index (χ4n) is 2.83. The number of ether oxygens (including phenoxy) is 1. The second-order valence-electron chi connectivity index (χ2n) is 5.99. The van der Waals surface area contributed by atoms with Crippen molar-refractivity contribution in [2.45, 2.75) is 19.9 Å². The van der Waals surface area contributed by atoms with E-state index in [1.54, 1.807) is 13.3 Å². The summed E-state index contributed by atoms with van der Waals surface area (Å²) < 4.78 is 5.48. The van der Waals surface area contributed by atoms with Gasteiger partial charge in [0.05, 0.1) is 25.0 Å². The molecule has 0 bridgehead atoms. The zero-order chi connectivity index (χ0) is 17.8. The van der Waals surface area contributed by atoms with Crippen molar-refractivity contribution in [3.63, 3.8) is 0 Å². The Balaban J connectivity index is 1.94. The number of aryl methyl sites for hydroxylation is 1. The van der Waals surface area contributed by atoms with Crippen LogP contribution in [0.15, 0.2) is 54.7 Å². The minimum atomic E-state index is 0.0464. The van der Waals surface area contributed by atoms with Crippen LogP contribution in [0.2, 0.25) is 0 Å². The molecule has 25 heavy (non-hydrogen) atoms. The van der Waals surface area contributed by atoms with Gasteiger partial charge in [-0.3, -0.25) is 0 Å². The summed E-state index contributed by atoms with van der Waals surface area (Å²) in [6, 6.07) is 16.2. The van der Waals surface area contributed by atoms with Crippen LogP contribution >= 0.6 is 0 Å². The highest BCUT2D eigenvalue weighted by molar-refractivity contribution is 5.63. The summed E-state index contributed by atoms with van der Waals surface area (Å²) in [4.78, 5) is 6.72. The predicted octanol–water partition coefficient (Wildman–Crippen LogP) is 4.05. The topological polar surface area (TPSA) is 51.1 Å². The van der Waals surface area contributed by atoms with Gasteiger partial charge in [0.15, 0.2) is 0 Å². The summed E-state index contributed by atoms with van der Waals surface area (Å²) in [5.74, 6) is 1.43. The molecule has 0 radical (unpaired) electrons. The van der Waals surface area contributed by atoms with E-state index in [4.69, 9.17) is 9.72 Å². The van der Waals surface area contributed by atoms with Gasteiger partial charge in [-0.05, 0) is 25.5 Å². The van der Waals surface area contributed by atoms with Crippen molar-refractivity contribution in [2.24, 2.45) is 0 Å². The average molecular weight is 334 g/mol. The maximum Gasteiger partial charge on any atom is 0.246 e. The highest BCUT2D eigenvalue weighted by atomic mass is 16.5. The van der Waals surface area contributed by atoms with Gasteiger partial charge in [0.2, 0.25) is 5.95 Å². The highest BCUT2D eigenvalue weighted by Gasteiger charge is 2.19. The van der Waals surface area contributed by atoms with E-state index in [2.05, 4.69) is 36.2 Å². The van der Waals surface area contributed by atoms with E-state index in [0.29, 0.717) is 5.95 Å². The zero-order valence-corrected chi connectivity index (χ0v) is 15.0. The van der Waals surface area contributed by atoms with Gasteiger partial charge in [-0.25, -0.2) is 4.98 Å². The Morgan fingerprint density at radius 1 is 1.04 bits per heavy atom. The molecule has 0 N–H and O–H groups in total. The maximum atomic E-state index is 5.48. The van der Waals surface area contributed by atoms with Crippen LogP contribution in [-0.2, 0) is 0 Å². The maximum absolute atomic E-state index is 5.48. The number of para-hydroxylation sites is 1. The number of benzene rings is 2. The molecule has 0 amide bonds.